The summed E-state index contributed by atoms with van der Waals surface area (Å²) < 4.78 is 52.9. The number of nitrogens with one attached hydrogen (secondary N) is 1. The van der Waals surface area contributed by atoms with E-state index in [-0.39, 0.29) is 12.0 Å². The number of phosphoric ester groups is 1. The van der Waals surface area contributed by atoms with Crippen LogP contribution < -0.4 is 17.0 Å². The largest absolute Gasteiger partial charge is 0.490 e. The predicted octanol–water partition coefficient (Wildman–Crippen LogP) is -0.464. The van der Waals surface area contributed by atoms with Gasteiger partial charge < -0.3 is 30.0 Å². The molecule has 16 nitrogen and oxygen atoms in total. The Hall–Kier alpha value is -0.640. The Morgan fingerprint density at radius 3 is 2.47 bits per heavy atom. The van der Waals surface area contributed by atoms with E-state index >= 15 is 0 Å². The van der Waals surface area contributed by atoms with Gasteiger partial charge >= 0.3 is 29.2 Å². The third-order valence-corrected chi connectivity index (χ3v) is 9.10. The third kappa shape index (κ3) is 8.29. The number of hydrogen-bond acceptors (Lipinski definition) is 11. The molecule has 0 aliphatic carbocycles. The Morgan fingerprint density at radius 2 is 1.88 bits per heavy atom. The maximum atomic E-state index is 12.1. The van der Waals surface area contributed by atoms with Crippen molar-refractivity contribution in [2.45, 2.75) is 30.9 Å². The van der Waals surface area contributed by atoms with E-state index < -0.39 is 58.9 Å². The Bertz CT molecular complexity index is 1070. The molecular formula is C12H22N3O13P3S. The second-order valence-electron chi connectivity index (χ2n) is 6.43. The Kier molecular flexibility index (Phi) is 9.27. The van der Waals surface area contributed by atoms with Crippen molar-refractivity contribution in [3.8, 4) is 0 Å². The van der Waals surface area contributed by atoms with E-state index in [2.05, 4.69) is 18.1 Å². The maximum absolute atomic E-state index is 12.1. The molecule has 1 aliphatic rings. The lowest BCUT2D eigenvalue weighted by Gasteiger charge is -2.21. The summed E-state index contributed by atoms with van der Waals surface area (Å²) in [5, 5.41) is -0.407. The standard InChI is InChI=1S/C12H22N3O13P3S/c1-7-5-15(12(17)14-11(7)16)10-4-9(32-3-2-13)8(26-10)6-25-30(21,22)28-31(23,24)27-29(18,19)20/h5,8-10H,2-4,6,13H2,1H3,(H,21,22)(H,23,24)(H,14,16,17)(H2,18,19,20)/t8-,9+,10-/m1/s1. The average molecular weight is 541 g/mol. The first-order valence-corrected chi connectivity index (χ1v) is 14.3. The second-order valence-corrected chi connectivity index (χ2v) is 12.2. The van der Waals surface area contributed by atoms with Crippen molar-refractivity contribution < 1.29 is 51.2 Å². The van der Waals surface area contributed by atoms with Gasteiger partial charge in [0.25, 0.3) is 5.56 Å². The zero-order valence-electron chi connectivity index (χ0n) is 16.4. The first-order valence-electron chi connectivity index (χ1n) is 8.70. The van der Waals surface area contributed by atoms with Gasteiger partial charge in [-0.25, -0.2) is 18.5 Å². The van der Waals surface area contributed by atoms with Crippen LogP contribution in [0.4, 0.5) is 0 Å². The molecular weight excluding hydrogens is 519 g/mol. The summed E-state index contributed by atoms with van der Waals surface area (Å²) in [4.78, 5) is 61.8. The van der Waals surface area contributed by atoms with E-state index in [0.717, 1.165) is 4.57 Å². The molecule has 32 heavy (non-hydrogen) atoms. The van der Waals surface area contributed by atoms with Crippen LogP contribution in [0.2, 0.25) is 0 Å². The monoisotopic (exact) mass is 541 g/mol. The van der Waals surface area contributed by atoms with Gasteiger partial charge in [-0.15, -0.1) is 0 Å². The lowest BCUT2D eigenvalue weighted by atomic mass is 10.2. The van der Waals surface area contributed by atoms with Gasteiger partial charge in [-0.3, -0.25) is 18.9 Å². The van der Waals surface area contributed by atoms with Crippen LogP contribution in [0.25, 0.3) is 0 Å². The summed E-state index contributed by atoms with van der Waals surface area (Å²) >= 11 is 1.31. The van der Waals surface area contributed by atoms with Crippen molar-refractivity contribution >= 4 is 35.2 Å². The average Bonchev–Trinajstić information content (AvgIpc) is 3.01. The van der Waals surface area contributed by atoms with E-state index in [9.17, 15) is 33.1 Å². The minimum atomic E-state index is -5.65. The molecule has 0 amide bonds. The van der Waals surface area contributed by atoms with Gasteiger partial charge in [0.05, 0.1) is 12.7 Å². The number of hydrogen-bond donors (Lipinski definition) is 6. The number of nitrogens with two attached hydrogens (primary N) is 1. The normalized spacial score (nSPS) is 25.4. The highest BCUT2D eigenvalue weighted by atomic mass is 32.2. The van der Waals surface area contributed by atoms with Crippen LogP contribution in [0.1, 0.15) is 18.2 Å². The topological polar surface area (TPSA) is 250 Å². The highest BCUT2D eigenvalue weighted by molar-refractivity contribution is 8.00. The molecule has 1 aliphatic heterocycles. The molecule has 2 unspecified atom stereocenters. The quantitative estimate of drug-likeness (QED) is 0.194. The highest BCUT2D eigenvalue weighted by Gasteiger charge is 2.43. The fourth-order valence-electron chi connectivity index (χ4n) is 2.69. The zero-order chi connectivity index (χ0) is 24.3. The lowest BCUT2D eigenvalue weighted by molar-refractivity contribution is -0.0235. The molecule has 0 saturated carbocycles. The van der Waals surface area contributed by atoms with Crippen LogP contribution in [0.3, 0.4) is 0 Å². The van der Waals surface area contributed by atoms with Crippen LogP contribution in [0, 0.1) is 6.92 Å². The van der Waals surface area contributed by atoms with Crippen LogP contribution in [-0.2, 0) is 31.6 Å². The van der Waals surface area contributed by atoms with Crippen molar-refractivity contribution in [2.75, 3.05) is 18.9 Å². The number of thioether (sulfide) groups is 1. The summed E-state index contributed by atoms with van der Waals surface area (Å²) in [5.41, 5.74) is 4.44. The number of rotatable bonds is 11. The van der Waals surface area contributed by atoms with Crippen LogP contribution in [0.15, 0.2) is 15.8 Å². The molecule has 5 atom stereocenters. The van der Waals surface area contributed by atoms with Crippen molar-refractivity contribution in [3.05, 3.63) is 32.6 Å². The second kappa shape index (κ2) is 10.7. The van der Waals surface area contributed by atoms with Gasteiger partial charge in [-0.1, -0.05) is 0 Å². The van der Waals surface area contributed by atoms with E-state index in [4.69, 9.17) is 20.3 Å². The lowest BCUT2D eigenvalue weighted by Crippen LogP contribution is -2.33. The molecule has 1 saturated heterocycles. The Balaban J connectivity index is 2.13. The fraction of sp³-hybridized carbons (Fsp3) is 0.667. The van der Waals surface area contributed by atoms with Crippen LogP contribution in [-0.4, -0.2) is 59.4 Å². The molecule has 1 aromatic rings. The van der Waals surface area contributed by atoms with Gasteiger partial charge in [-0.05, 0) is 6.92 Å². The van der Waals surface area contributed by atoms with Gasteiger partial charge in [-0.2, -0.15) is 20.4 Å². The number of phosphoric acid groups is 3. The molecule has 2 heterocycles. The summed E-state index contributed by atoms with van der Waals surface area (Å²) in [5.74, 6) is 0.464. The Morgan fingerprint density at radius 1 is 1.22 bits per heavy atom. The maximum Gasteiger partial charge on any atom is 0.490 e. The number of aromatic amines is 1. The number of aromatic nitrogens is 2. The first-order chi connectivity index (χ1) is 14.6. The van der Waals surface area contributed by atoms with Gasteiger partial charge in [0.15, 0.2) is 0 Å². The predicted molar refractivity (Wildman–Crippen MR) is 110 cm³/mol. The molecule has 0 radical (unpaired) electrons. The van der Waals surface area contributed by atoms with Crippen molar-refractivity contribution in [2.24, 2.45) is 5.73 Å². The van der Waals surface area contributed by atoms with E-state index in [1.165, 1.54) is 24.9 Å². The molecule has 7 N–H and O–H groups in total. The number of H-pyrrole nitrogens is 1. The van der Waals surface area contributed by atoms with Gasteiger partial charge in [0, 0.05) is 35.7 Å². The van der Waals surface area contributed by atoms with Crippen LogP contribution >= 0.6 is 35.2 Å². The van der Waals surface area contributed by atoms with E-state index in [1.54, 1.807) is 0 Å². The number of nitrogens with zero attached hydrogens (tertiary/aromatic N) is 1. The number of ether oxygens (including phenoxy) is 1. The molecule has 0 bridgehead atoms. The zero-order valence-corrected chi connectivity index (χ0v) is 19.9. The fourth-order valence-corrected chi connectivity index (χ4v) is 6.81. The minimum Gasteiger partial charge on any atom is -0.351 e. The molecule has 2 rings (SSSR count). The molecule has 1 aromatic heterocycles. The molecule has 0 spiro atoms. The SMILES string of the molecule is Cc1cn([C@H]2C[C@H](SCCN)[C@@H](COP(=O)(O)OP(=O)(O)OP(=O)(O)O)O2)c(=O)[nH]c1=O. The summed E-state index contributed by atoms with van der Waals surface area (Å²) in [6.07, 6.45) is -0.287. The smallest absolute Gasteiger partial charge is 0.351 e. The van der Waals surface area contributed by atoms with Gasteiger partial charge in [0.1, 0.15) is 6.23 Å². The summed E-state index contributed by atoms with van der Waals surface area (Å²) in [6.45, 7) is 1.11. The number of aryl methyl sites for hydroxylation is 1. The minimum absolute atomic E-state index is 0.223. The van der Waals surface area contributed by atoms with Crippen molar-refractivity contribution in [1.82, 2.24) is 9.55 Å². The van der Waals surface area contributed by atoms with E-state index in [1.807, 2.05) is 0 Å². The van der Waals surface area contributed by atoms with E-state index in [0.29, 0.717) is 12.3 Å². The highest BCUT2D eigenvalue weighted by Crippen LogP contribution is 2.66. The summed E-state index contributed by atoms with van der Waals surface area (Å²) in [7, 11) is -16.5. The first kappa shape index (κ1) is 27.6. The van der Waals surface area contributed by atoms with Gasteiger partial charge in [0.2, 0.25) is 0 Å². The molecule has 20 heteroatoms. The Labute approximate surface area is 184 Å². The summed E-state index contributed by atoms with van der Waals surface area (Å²) in [6, 6.07) is 0. The van der Waals surface area contributed by atoms with Crippen LogP contribution in [0.5, 0.6) is 0 Å². The third-order valence-electron chi connectivity index (χ3n) is 3.90. The van der Waals surface area contributed by atoms with Crippen molar-refractivity contribution in [3.63, 3.8) is 0 Å². The molecule has 0 aromatic carbocycles. The molecule has 184 valence electrons. The molecule has 1 fully saturated rings. The van der Waals surface area contributed by atoms with Crippen molar-refractivity contribution in [1.29, 1.82) is 0 Å².